The summed E-state index contributed by atoms with van der Waals surface area (Å²) in [5.41, 5.74) is 3.98. The van der Waals surface area contributed by atoms with Crippen LogP contribution in [0.2, 0.25) is 0 Å². The maximum absolute atomic E-state index is 13.0. The van der Waals surface area contributed by atoms with Crippen molar-refractivity contribution in [3.8, 4) is 11.3 Å². The Kier molecular flexibility index (Phi) is 4.69. The summed E-state index contributed by atoms with van der Waals surface area (Å²) < 4.78 is 14.8. The molecule has 5 heteroatoms. The number of halogens is 1. The predicted molar refractivity (Wildman–Crippen MR) is 101 cm³/mol. The summed E-state index contributed by atoms with van der Waals surface area (Å²) in [5, 5.41) is 12.1. The van der Waals surface area contributed by atoms with Crippen LogP contribution in [0.25, 0.3) is 11.3 Å². The largest absolute Gasteiger partial charge is 0.382 e. The van der Waals surface area contributed by atoms with Gasteiger partial charge in [-0.2, -0.15) is 0 Å². The van der Waals surface area contributed by atoms with E-state index in [4.69, 9.17) is 0 Å². The fourth-order valence-electron chi connectivity index (χ4n) is 3.44. The van der Waals surface area contributed by atoms with Gasteiger partial charge in [0.25, 0.3) is 0 Å². The van der Waals surface area contributed by atoms with Gasteiger partial charge in [0.2, 0.25) is 0 Å². The zero-order valence-electron chi connectivity index (χ0n) is 14.8. The second-order valence-electron chi connectivity index (χ2n) is 6.93. The van der Waals surface area contributed by atoms with E-state index in [-0.39, 0.29) is 5.82 Å². The van der Waals surface area contributed by atoms with E-state index in [0.717, 1.165) is 22.5 Å². The van der Waals surface area contributed by atoms with Crippen molar-refractivity contribution < 1.29 is 4.39 Å². The third-order valence-corrected chi connectivity index (χ3v) is 4.96. The lowest BCUT2D eigenvalue weighted by Gasteiger charge is -2.18. The molecule has 1 aromatic heterocycles. The zero-order chi connectivity index (χ0) is 17.9. The Morgan fingerprint density at radius 2 is 2.04 bits per heavy atom. The van der Waals surface area contributed by atoms with E-state index < -0.39 is 0 Å². The minimum Gasteiger partial charge on any atom is -0.382 e. The highest BCUT2D eigenvalue weighted by Gasteiger charge is 2.23. The number of benzene rings is 2. The van der Waals surface area contributed by atoms with Crippen molar-refractivity contribution in [2.24, 2.45) is 5.92 Å². The van der Waals surface area contributed by atoms with E-state index in [0.29, 0.717) is 18.5 Å². The second-order valence-corrected chi connectivity index (χ2v) is 6.93. The third kappa shape index (κ3) is 3.77. The Morgan fingerprint density at radius 3 is 2.81 bits per heavy atom. The molecular weight excluding hydrogens is 327 g/mol. The molecule has 1 aliphatic carbocycles. The summed E-state index contributed by atoms with van der Waals surface area (Å²) in [4.78, 5) is 0. The molecule has 0 aliphatic heterocycles. The highest BCUT2D eigenvalue weighted by Crippen LogP contribution is 2.28. The molecule has 1 N–H and O–H groups in total. The first-order valence-electron chi connectivity index (χ1n) is 9.02. The lowest BCUT2D eigenvalue weighted by Crippen LogP contribution is -2.21. The van der Waals surface area contributed by atoms with E-state index >= 15 is 0 Å². The molecule has 133 valence electrons. The Hall–Kier alpha value is -2.69. The van der Waals surface area contributed by atoms with Crippen LogP contribution in [-0.4, -0.2) is 21.0 Å². The van der Waals surface area contributed by atoms with Gasteiger partial charge in [-0.1, -0.05) is 36.4 Å². The molecule has 1 fully saturated rings. The van der Waals surface area contributed by atoms with E-state index in [1.54, 1.807) is 16.8 Å². The zero-order valence-corrected chi connectivity index (χ0v) is 14.8. The van der Waals surface area contributed by atoms with Gasteiger partial charge in [0.05, 0.1) is 12.7 Å². The number of nitrogens with zero attached hydrogens (tertiary/aromatic N) is 3. The van der Waals surface area contributed by atoms with Gasteiger partial charge in [-0.25, -0.2) is 9.07 Å². The van der Waals surface area contributed by atoms with Crippen molar-refractivity contribution in [1.29, 1.82) is 0 Å². The molecular formula is C21H22FN4. The molecule has 26 heavy (non-hydrogen) atoms. The van der Waals surface area contributed by atoms with E-state index in [1.807, 2.05) is 18.3 Å². The number of anilines is 1. The third-order valence-electron chi connectivity index (χ3n) is 4.96. The number of hydrogen-bond acceptors (Lipinski definition) is 3. The molecule has 0 spiro atoms. The van der Waals surface area contributed by atoms with Gasteiger partial charge >= 0.3 is 0 Å². The van der Waals surface area contributed by atoms with E-state index in [2.05, 4.69) is 41.1 Å². The molecule has 0 bridgehead atoms. The SMILES string of the molecule is CC1[CH]CCC1Nc1cccc(-c2cn(Cc3ccc(F)cc3)nn2)c1. The van der Waals surface area contributed by atoms with Gasteiger partial charge in [0, 0.05) is 17.3 Å². The molecule has 1 radical (unpaired) electrons. The molecule has 2 aromatic carbocycles. The second kappa shape index (κ2) is 7.28. The maximum Gasteiger partial charge on any atom is 0.123 e. The highest BCUT2D eigenvalue weighted by atomic mass is 19.1. The van der Waals surface area contributed by atoms with Crippen LogP contribution in [0.1, 0.15) is 25.3 Å². The Balaban J connectivity index is 1.48. The van der Waals surface area contributed by atoms with Crippen LogP contribution in [0.5, 0.6) is 0 Å². The summed E-state index contributed by atoms with van der Waals surface area (Å²) in [6, 6.07) is 15.3. The fraction of sp³-hybridized carbons (Fsp3) is 0.286. The van der Waals surface area contributed by atoms with Crippen molar-refractivity contribution in [1.82, 2.24) is 15.0 Å². The van der Waals surface area contributed by atoms with Crippen molar-refractivity contribution in [2.45, 2.75) is 32.4 Å². The fourth-order valence-corrected chi connectivity index (χ4v) is 3.44. The van der Waals surface area contributed by atoms with Gasteiger partial charge in [0.1, 0.15) is 11.5 Å². The lowest BCUT2D eigenvalue weighted by molar-refractivity contribution is 0.610. The molecule has 4 nitrogen and oxygen atoms in total. The Bertz CT molecular complexity index is 872. The number of rotatable bonds is 5. The van der Waals surface area contributed by atoms with Gasteiger partial charge in [-0.05, 0) is 55.0 Å². The Labute approximate surface area is 153 Å². The summed E-state index contributed by atoms with van der Waals surface area (Å²) in [5.74, 6) is 0.363. The van der Waals surface area contributed by atoms with Gasteiger partial charge in [-0.3, -0.25) is 0 Å². The molecule has 0 amide bonds. The average molecular weight is 349 g/mol. The minimum absolute atomic E-state index is 0.230. The first-order chi connectivity index (χ1) is 12.7. The van der Waals surface area contributed by atoms with Gasteiger partial charge in [0.15, 0.2) is 0 Å². The number of nitrogens with one attached hydrogen (secondary N) is 1. The maximum atomic E-state index is 13.0. The summed E-state index contributed by atoms with van der Waals surface area (Å²) in [6.07, 6.45) is 6.66. The van der Waals surface area contributed by atoms with Gasteiger partial charge in [-0.15, -0.1) is 5.10 Å². The quantitative estimate of drug-likeness (QED) is 0.735. The summed E-state index contributed by atoms with van der Waals surface area (Å²) >= 11 is 0. The standard InChI is InChI=1S/C21H22FN4/c1-15-4-2-7-20(15)23-19-6-3-5-17(12-19)21-14-26(25-24-21)13-16-8-10-18(22)11-9-16/h3-6,8-12,14-15,20,23H,2,7,13H2,1H3. The van der Waals surface area contributed by atoms with Crippen molar-refractivity contribution in [3.05, 3.63) is 72.5 Å². The molecule has 1 saturated carbocycles. The van der Waals surface area contributed by atoms with Crippen LogP contribution in [0.4, 0.5) is 10.1 Å². The number of hydrogen-bond donors (Lipinski definition) is 1. The molecule has 3 aromatic rings. The normalized spacial score (nSPS) is 19.6. The van der Waals surface area contributed by atoms with Crippen molar-refractivity contribution >= 4 is 5.69 Å². The van der Waals surface area contributed by atoms with Crippen molar-refractivity contribution in [2.75, 3.05) is 5.32 Å². The number of aromatic nitrogens is 3. The van der Waals surface area contributed by atoms with Crippen molar-refractivity contribution in [3.63, 3.8) is 0 Å². The summed E-state index contributed by atoms with van der Waals surface area (Å²) in [7, 11) is 0. The average Bonchev–Trinajstić information content (AvgIpc) is 3.27. The predicted octanol–water partition coefficient (Wildman–Crippen LogP) is 4.55. The molecule has 2 atom stereocenters. The smallest absolute Gasteiger partial charge is 0.123 e. The van der Waals surface area contributed by atoms with Crippen LogP contribution < -0.4 is 5.32 Å². The van der Waals surface area contributed by atoms with Crippen LogP contribution >= 0.6 is 0 Å². The van der Waals surface area contributed by atoms with E-state index in [1.165, 1.54) is 25.0 Å². The first-order valence-corrected chi connectivity index (χ1v) is 9.02. The topological polar surface area (TPSA) is 42.7 Å². The monoisotopic (exact) mass is 349 g/mol. The van der Waals surface area contributed by atoms with Crippen LogP contribution in [0.15, 0.2) is 54.7 Å². The Morgan fingerprint density at radius 1 is 1.19 bits per heavy atom. The van der Waals surface area contributed by atoms with Crippen LogP contribution in [0, 0.1) is 18.2 Å². The van der Waals surface area contributed by atoms with Crippen LogP contribution in [0.3, 0.4) is 0 Å². The molecule has 4 rings (SSSR count). The van der Waals surface area contributed by atoms with Gasteiger partial charge < -0.3 is 5.32 Å². The minimum atomic E-state index is -0.230. The molecule has 1 aliphatic rings. The van der Waals surface area contributed by atoms with E-state index in [9.17, 15) is 4.39 Å². The molecule has 0 saturated heterocycles. The molecule has 2 unspecified atom stereocenters. The molecule has 1 heterocycles. The lowest BCUT2D eigenvalue weighted by atomic mass is 10.1. The summed E-state index contributed by atoms with van der Waals surface area (Å²) in [6.45, 7) is 2.83. The van der Waals surface area contributed by atoms with Crippen LogP contribution in [-0.2, 0) is 6.54 Å². The first kappa shape index (κ1) is 16.8. The highest BCUT2D eigenvalue weighted by molar-refractivity contribution is 5.64.